The average Bonchev–Trinajstić information content (AvgIpc) is 3.23. The van der Waals surface area contributed by atoms with Crippen molar-refractivity contribution in [1.82, 2.24) is 9.78 Å². The summed E-state index contributed by atoms with van der Waals surface area (Å²) >= 11 is 0. The molecule has 5 rings (SSSR count). The zero-order valence-electron chi connectivity index (χ0n) is 18.0. The first kappa shape index (κ1) is 20.1. The number of benzene rings is 2. The second-order valence-corrected chi connectivity index (χ2v) is 8.78. The van der Waals surface area contributed by atoms with Gasteiger partial charge in [0.15, 0.2) is 6.23 Å². The van der Waals surface area contributed by atoms with E-state index in [1.165, 1.54) is 11.3 Å². The number of piperidine rings is 1. The molecule has 0 saturated carbocycles. The van der Waals surface area contributed by atoms with E-state index in [-0.39, 0.29) is 12.1 Å². The molecular formula is C25H29N3O3. The Morgan fingerprint density at radius 2 is 1.97 bits per heavy atom. The van der Waals surface area contributed by atoms with Crippen molar-refractivity contribution in [1.29, 1.82) is 0 Å². The monoisotopic (exact) mass is 419 g/mol. The molecule has 2 aliphatic heterocycles. The third-order valence-corrected chi connectivity index (χ3v) is 6.75. The van der Waals surface area contributed by atoms with Gasteiger partial charge in [-0.05, 0) is 80.3 Å². The minimum atomic E-state index is -0.861. The van der Waals surface area contributed by atoms with Gasteiger partial charge in [0.2, 0.25) is 0 Å². The Labute approximate surface area is 182 Å². The van der Waals surface area contributed by atoms with Crippen LogP contribution in [0.5, 0.6) is 0 Å². The van der Waals surface area contributed by atoms with Gasteiger partial charge in [0.1, 0.15) is 0 Å². The molecule has 2 fully saturated rings. The van der Waals surface area contributed by atoms with Crippen molar-refractivity contribution in [3.63, 3.8) is 0 Å². The Bertz CT molecular complexity index is 1090. The number of anilines is 1. The van der Waals surface area contributed by atoms with E-state index in [0.29, 0.717) is 5.56 Å². The van der Waals surface area contributed by atoms with Crippen LogP contribution in [0.3, 0.4) is 0 Å². The van der Waals surface area contributed by atoms with Crippen LogP contribution in [0.1, 0.15) is 65.7 Å². The highest BCUT2D eigenvalue weighted by Gasteiger charge is 2.28. The summed E-state index contributed by atoms with van der Waals surface area (Å²) in [6.45, 7) is 4.71. The van der Waals surface area contributed by atoms with E-state index in [9.17, 15) is 9.90 Å². The SMILES string of the molecule is Cc1cccc(N2CCC(c3c(C(=O)O)ccc4c3cnn4C3CCCCO3)CC2)c1. The molecule has 2 saturated heterocycles. The number of fused-ring (bicyclic) bond motifs is 1. The maximum absolute atomic E-state index is 12.1. The summed E-state index contributed by atoms with van der Waals surface area (Å²) in [6.07, 6.45) is 6.81. The maximum atomic E-state index is 12.1. The van der Waals surface area contributed by atoms with Gasteiger partial charge < -0.3 is 14.7 Å². The molecule has 31 heavy (non-hydrogen) atoms. The van der Waals surface area contributed by atoms with Crippen molar-refractivity contribution >= 4 is 22.6 Å². The molecule has 0 radical (unpaired) electrons. The van der Waals surface area contributed by atoms with Crippen molar-refractivity contribution in [3.8, 4) is 0 Å². The van der Waals surface area contributed by atoms with Crippen LogP contribution in [0.25, 0.3) is 10.9 Å². The van der Waals surface area contributed by atoms with Crippen molar-refractivity contribution < 1.29 is 14.6 Å². The second-order valence-electron chi connectivity index (χ2n) is 8.78. The highest BCUT2D eigenvalue weighted by Crippen LogP contribution is 2.38. The zero-order chi connectivity index (χ0) is 21.4. The molecule has 6 heteroatoms. The van der Waals surface area contributed by atoms with Crippen LogP contribution in [0, 0.1) is 6.92 Å². The number of hydrogen-bond acceptors (Lipinski definition) is 4. The fourth-order valence-electron chi connectivity index (χ4n) is 5.17. The molecule has 6 nitrogen and oxygen atoms in total. The minimum Gasteiger partial charge on any atom is -0.478 e. The largest absolute Gasteiger partial charge is 0.478 e. The van der Waals surface area contributed by atoms with Crippen molar-refractivity contribution in [2.75, 3.05) is 24.6 Å². The molecule has 3 heterocycles. The van der Waals surface area contributed by atoms with Gasteiger partial charge in [0.25, 0.3) is 0 Å². The molecule has 0 bridgehead atoms. The lowest BCUT2D eigenvalue weighted by Crippen LogP contribution is -2.33. The quantitative estimate of drug-likeness (QED) is 0.635. The van der Waals surface area contributed by atoms with Crippen LogP contribution < -0.4 is 4.90 Å². The third-order valence-electron chi connectivity index (χ3n) is 6.75. The van der Waals surface area contributed by atoms with Crippen LogP contribution in [0.2, 0.25) is 0 Å². The first-order valence-corrected chi connectivity index (χ1v) is 11.3. The summed E-state index contributed by atoms with van der Waals surface area (Å²) in [4.78, 5) is 14.5. The summed E-state index contributed by atoms with van der Waals surface area (Å²) in [6, 6.07) is 12.2. The van der Waals surface area contributed by atoms with Crippen LogP contribution in [-0.4, -0.2) is 40.6 Å². The Balaban J connectivity index is 1.46. The predicted octanol–water partition coefficient (Wildman–Crippen LogP) is 5.13. The molecule has 1 N–H and O–H groups in total. The van der Waals surface area contributed by atoms with E-state index in [0.717, 1.165) is 68.3 Å². The van der Waals surface area contributed by atoms with Crippen LogP contribution >= 0.6 is 0 Å². The maximum Gasteiger partial charge on any atom is 0.335 e. The van der Waals surface area contributed by atoms with Crippen LogP contribution in [0.4, 0.5) is 5.69 Å². The first-order valence-electron chi connectivity index (χ1n) is 11.3. The molecule has 2 aromatic carbocycles. The molecule has 0 spiro atoms. The number of ether oxygens (including phenoxy) is 1. The average molecular weight is 420 g/mol. The molecule has 1 aromatic heterocycles. The highest BCUT2D eigenvalue weighted by molar-refractivity contribution is 5.97. The van der Waals surface area contributed by atoms with Gasteiger partial charge in [-0.3, -0.25) is 0 Å². The Morgan fingerprint density at radius 3 is 2.68 bits per heavy atom. The Hall–Kier alpha value is -2.86. The second kappa shape index (κ2) is 8.35. The number of hydrogen-bond donors (Lipinski definition) is 1. The summed E-state index contributed by atoms with van der Waals surface area (Å²) in [5, 5.41) is 15.5. The molecule has 1 unspecified atom stereocenters. The number of carboxylic acids is 1. The van der Waals surface area contributed by atoms with Gasteiger partial charge in [-0.25, -0.2) is 9.48 Å². The van der Waals surface area contributed by atoms with E-state index in [4.69, 9.17) is 4.74 Å². The van der Waals surface area contributed by atoms with Crippen molar-refractivity contribution in [2.24, 2.45) is 0 Å². The molecule has 0 aliphatic carbocycles. The van der Waals surface area contributed by atoms with E-state index in [1.807, 2.05) is 16.9 Å². The number of aryl methyl sites for hydroxylation is 1. The van der Waals surface area contributed by atoms with Gasteiger partial charge in [0.05, 0.1) is 17.3 Å². The number of aromatic nitrogens is 2. The Kier molecular flexibility index (Phi) is 5.40. The molecule has 3 aromatic rings. The molecule has 1 atom stereocenters. The van der Waals surface area contributed by atoms with Crippen molar-refractivity contribution in [2.45, 2.75) is 51.2 Å². The van der Waals surface area contributed by atoms with Gasteiger partial charge >= 0.3 is 5.97 Å². The molecular weight excluding hydrogens is 390 g/mol. The predicted molar refractivity (Wildman–Crippen MR) is 121 cm³/mol. The standard InChI is InChI=1S/C25H29N3O3/c1-17-5-4-6-19(15-17)27-12-10-18(11-13-27)24-20(25(29)30)8-9-22-21(24)16-26-28(22)23-7-2-3-14-31-23/h4-6,8-9,15-16,18,23H,2-3,7,10-14H2,1H3,(H,29,30). The fraction of sp³-hybridized carbons (Fsp3) is 0.440. The van der Waals surface area contributed by atoms with Gasteiger partial charge in [0, 0.05) is 30.8 Å². The van der Waals surface area contributed by atoms with E-state index < -0.39 is 5.97 Å². The van der Waals surface area contributed by atoms with Gasteiger partial charge in [-0.1, -0.05) is 12.1 Å². The molecule has 162 valence electrons. The van der Waals surface area contributed by atoms with Crippen LogP contribution in [0.15, 0.2) is 42.6 Å². The first-order chi connectivity index (χ1) is 15.1. The third kappa shape index (κ3) is 3.81. The summed E-state index contributed by atoms with van der Waals surface area (Å²) < 4.78 is 7.89. The number of rotatable bonds is 4. The zero-order valence-corrected chi connectivity index (χ0v) is 18.0. The van der Waals surface area contributed by atoms with Crippen molar-refractivity contribution in [3.05, 3.63) is 59.3 Å². The molecule has 2 aliphatic rings. The summed E-state index contributed by atoms with van der Waals surface area (Å²) in [5.74, 6) is -0.652. The normalized spacial score (nSPS) is 20.3. The summed E-state index contributed by atoms with van der Waals surface area (Å²) in [5.41, 5.74) is 4.84. The number of carboxylic acid groups (broad SMARTS) is 1. The lowest BCUT2D eigenvalue weighted by molar-refractivity contribution is -0.0366. The lowest BCUT2D eigenvalue weighted by Gasteiger charge is -2.34. The topological polar surface area (TPSA) is 67.6 Å². The van der Waals surface area contributed by atoms with E-state index in [1.54, 1.807) is 6.07 Å². The molecule has 0 amide bonds. The van der Waals surface area contributed by atoms with E-state index >= 15 is 0 Å². The van der Waals surface area contributed by atoms with E-state index in [2.05, 4.69) is 41.2 Å². The minimum absolute atomic E-state index is 0.0575. The number of nitrogens with zero attached hydrogens (tertiary/aromatic N) is 3. The lowest BCUT2D eigenvalue weighted by atomic mass is 9.84. The highest BCUT2D eigenvalue weighted by atomic mass is 16.5. The van der Waals surface area contributed by atoms with Crippen LogP contribution in [-0.2, 0) is 4.74 Å². The number of aromatic carboxylic acids is 1. The van der Waals surface area contributed by atoms with Gasteiger partial charge in [-0.2, -0.15) is 5.10 Å². The fourth-order valence-corrected chi connectivity index (χ4v) is 5.17. The Morgan fingerprint density at radius 1 is 1.13 bits per heavy atom. The smallest absolute Gasteiger partial charge is 0.335 e. The number of carbonyl (C=O) groups is 1. The van der Waals surface area contributed by atoms with Gasteiger partial charge in [-0.15, -0.1) is 0 Å². The summed E-state index contributed by atoms with van der Waals surface area (Å²) in [7, 11) is 0.